The highest BCUT2D eigenvalue weighted by Gasteiger charge is 2.43. The minimum atomic E-state index is -0.323. The summed E-state index contributed by atoms with van der Waals surface area (Å²) < 4.78 is 4.96. The molecule has 3 atom stereocenters. The molecule has 1 aromatic rings. The van der Waals surface area contributed by atoms with Crippen LogP contribution in [-0.2, 0) is 9.53 Å². The fraction of sp³-hybridized carbons (Fsp3) is 0.529. The first kappa shape index (κ1) is 13.6. The molecule has 0 unspecified atom stereocenters. The van der Waals surface area contributed by atoms with Crippen molar-refractivity contribution < 1.29 is 14.3 Å². The molecule has 1 aliphatic heterocycles. The number of nitrogens with zero attached hydrogens (tertiary/aromatic N) is 1. The van der Waals surface area contributed by atoms with E-state index in [4.69, 9.17) is 4.74 Å². The molecule has 3 aliphatic rings. The highest BCUT2D eigenvalue weighted by atomic mass is 16.6. The Hall–Kier alpha value is -2.04. The largest absolute Gasteiger partial charge is 0.447 e. The molecule has 2 bridgehead atoms. The minimum absolute atomic E-state index is 0.133. The molecule has 1 aromatic carbocycles. The molecule has 0 radical (unpaired) electrons. The SMILES string of the molecule is O=C(Nc1cccc(N2CCOC2=O)c1)[C@H]1C[C@H]2CC[C@H]1C2. The Morgan fingerprint density at radius 1 is 1.27 bits per heavy atom. The Labute approximate surface area is 129 Å². The van der Waals surface area contributed by atoms with Crippen LogP contribution in [0.3, 0.4) is 0 Å². The average Bonchev–Trinajstić information content (AvgIpc) is 3.23. The summed E-state index contributed by atoms with van der Waals surface area (Å²) in [4.78, 5) is 25.7. The molecule has 5 nitrogen and oxygen atoms in total. The Morgan fingerprint density at radius 2 is 2.18 bits per heavy atom. The lowest BCUT2D eigenvalue weighted by atomic mass is 9.88. The van der Waals surface area contributed by atoms with E-state index in [1.807, 2.05) is 24.3 Å². The van der Waals surface area contributed by atoms with E-state index < -0.39 is 0 Å². The number of fused-ring (bicyclic) bond motifs is 2. The van der Waals surface area contributed by atoms with Crippen LogP contribution in [0.5, 0.6) is 0 Å². The van der Waals surface area contributed by atoms with Gasteiger partial charge in [-0.25, -0.2) is 4.79 Å². The highest BCUT2D eigenvalue weighted by molar-refractivity contribution is 5.95. The number of amides is 2. The Kier molecular flexibility index (Phi) is 3.28. The molecule has 1 heterocycles. The number of hydrogen-bond acceptors (Lipinski definition) is 3. The van der Waals surface area contributed by atoms with Crippen molar-refractivity contribution in [2.24, 2.45) is 17.8 Å². The molecular weight excluding hydrogens is 280 g/mol. The van der Waals surface area contributed by atoms with Crippen LogP contribution in [0.1, 0.15) is 25.7 Å². The molecule has 3 fully saturated rings. The third-order valence-electron chi connectivity index (χ3n) is 5.26. The van der Waals surface area contributed by atoms with E-state index in [1.165, 1.54) is 19.3 Å². The van der Waals surface area contributed by atoms with Crippen molar-refractivity contribution in [1.82, 2.24) is 0 Å². The second-order valence-corrected chi connectivity index (χ2v) is 6.59. The third kappa shape index (κ3) is 2.34. The van der Waals surface area contributed by atoms with Gasteiger partial charge in [-0.15, -0.1) is 0 Å². The summed E-state index contributed by atoms with van der Waals surface area (Å²) >= 11 is 0. The van der Waals surface area contributed by atoms with E-state index in [0.717, 1.165) is 23.7 Å². The van der Waals surface area contributed by atoms with Crippen molar-refractivity contribution in [3.05, 3.63) is 24.3 Å². The Bertz CT molecular complexity index is 616. The van der Waals surface area contributed by atoms with Crippen molar-refractivity contribution in [3.63, 3.8) is 0 Å². The molecule has 2 amide bonds. The smallest absolute Gasteiger partial charge is 0.414 e. The fourth-order valence-electron chi connectivity index (χ4n) is 4.18. The maximum atomic E-state index is 12.5. The Morgan fingerprint density at radius 3 is 2.86 bits per heavy atom. The molecule has 4 rings (SSSR count). The van der Waals surface area contributed by atoms with Crippen molar-refractivity contribution in [1.29, 1.82) is 0 Å². The lowest BCUT2D eigenvalue weighted by Gasteiger charge is -2.21. The van der Waals surface area contributed by atoms with E-state index in [9.17, 15) is 9.59 Å². The summed E-state index contributed by atoms with van der Waals surface area (Å²) in [7, 11) is 0. The average molecular weight is 300 g/mol. The van der Waals surface area contributed by atoms with Gasteiger partial charge in [0.05, 0.1) is 6.54 Å². The lowest BCUT2D eigenvalue weighted by molar-refractivity contribution is -0.121. The zero-order chi connectivity index (χ0) is 15.1. The van der Waals surface area contributed by atoms with E-state index in [1.54, 1.807) is 4.90 Å². The van der Waals surface area contributed by atoms with Crippen molar-refractivity contribution >= 4 is 23.4 Å². The Balaban J connectivity index is 1.46. The number of hydrogen-bond donors (Lipinski definition) is 1. The van der Waals surface area contributed by atoms with Crippen molar-refractivity contribution in [3.8, 4) is 0 Å². The van der Waals surface area contributed by atoms with Crippen LogP contribution in [0.4, 0.5) is 16.2 Å². The first-order chi connectivity index (χ1) is 10.7. The van der Waals surface area contributed by atoms with Gasteiger partial charge in [0.25, 0.3) is 0 Å². The highest BCUT2D eigenvalue weighted by Crippen LogP contribution is 2.48. The molecule has 116 valence electrons. The zero-order valence-corrected chi connectivity index (χ0v) is 12.5. The number of benzene rings is 1. The zero-order valence-electron chi connectivity index (χ0n) is 12.5. The van der Waals surface area contributed by atoms with E-state index in [-0.39, 0.29) is 17.9 Å². The van der Waals surface area contributed by atoms with Gasteiger partial charge in [0.1, 0.15) is 6.61 Å². The van der Waals surface area contributed by atoms with Gasteiger partial charge >= 0.3 is 6.09 Å². The monoisotopic (exact) mass is 300 g/mol. The van der Waals surface area contributed by atoms with Gasteiger partial charge in [0.2, 0.25) is 5.91 Å². The molecule has 1 saturated heterocycles. The van der Waals surface area contributed by atoms with Crippen LogP contribution in [0.15, 0.2) is 24.3 Å². The number of carbonyl (C=O) groups is 2. The summed E-state index contributed by atoms with van der Waals surface area (Å²) in [6.45, 7) is 0.975. The number of ether oxygens (including phenoxy) is 1. The van der Waals surface area contributed by atoms with Crippen LogP contribution < -0.4 is 10.2 Å². The third-order valence-corrected chi connectivity index (χ3v) is 5.26. The van der Waals surface area contributed by atoms with Gasteiger partial charge in [-0.05, 0) is 49.3 Å². The van der Waals surface area contributed by atoms with Crippen LogP contribution in [0.2, 0.25) is 0 Å². The van der Waals surface area contributed by atoms with Gasteiger partial charge in [0, 0.05) is 17.3 Å². The fourth-order valence-corrected chi connectivity index (χ4v) is 4.18. The van der Waals surface area contributed by atoms with E-state index >= 15 is 0 Å². The van der Waals surface area contributed by atoms with Gasteiger partial charge < -0.3 is 10.1 Å². The predicted molar refractivity (Wildman–Crippen MR) is 82.7 cm³/mol. The standard InChI is InChI=1S/C17H20N2O3/c20-16(15-9-11-4-5-12(15)8-11)18-13-2-1-3-14(10-13)19-6-7-22-17(19)21/h1-3,10-12,15H,4-9H2,(H,18,20)/t11-,12-,15-/m0/s1. The van der Waals surface area contributed by atoms with Gasteiger partial charge in [-0.2, -0.15) is 0 Å². The molecule has 22 heavy (non-hydrogen) atoms. The topological polar surface area (TPSA) is 58.6 Å². The molecule has 5 heteroatoms. The maximum absolute atomic E-state index is 12.5. The van der Waals surface area contributed by atoms with E-state index in [2.05, 4.69) is 5.32 Å². The summed E-state index contributed by atoms with van der Waals surface area (Å²) in [6, 6.07) is 7.44. The minimum Gasteiger partial charge on any atom is -0.447 e. The molecule has 0 spiro atoms. The first-order valence-corrected chi connectivity index (χ1v) is 8.06. The number of anilines is 2. The molecule has 2 saturated carbocycles. The first-order valence-electron chi connectivity index (χ1n) is 8.06. The quantitative estimate of drug-likeness (QED) is 0.933. The summed E-state index contributed by atoms with van der Waals surface area (Å²) in [5.41, 5.74) is 1.53. The van der Waals surface area contributed by atoms with Crippen LogP contribution in [-0.4, -0.2) is 25.2 Å². The van der Waals surface area contributed by atoms with Crippen molar-refractivity contribution in [2.75, 3.05) is 23.4 Å². The molecule has 2 aliphatic carbocycles. The molecular formula is C17H20N2O3. The molecule has 1 N–H and O–H groups in total. The lowest BCUT2D eigenvalue weighted by Crippen LogP contribution is -2.27. The summed E-state index contributed by atoms with van der Waals surface area (Å²) in [6.07, 6.45) is 4.42. The van der Waals surface area contributed by atoms with Gasteiger partial charge in [-0.3, -0.25) is 9.69 Å². The summed E-state index contributed by atoms with van der Waals surface area (Å²) in [5, 5.41) is 3.03. The molecule has 0 aromatic heterocycles. The number of cyclic esters (lactones) is 1. The van der Waals surface area contributed by atoms with Crippen LogP contribution >= 0.6 is 0 Å². The normalized spacial score (nSPS) is 29.7. The van der Waals surface area contributed by atoms with E-state index in [0.29, 0.717) is 19.1 Å². The van der Waals surface area contributed by atoms with Crippen LogP contribution in [0.25, 0.3) is 0 Å². The predicted octanol–water partition coefficient (Wildman–Crippen LogP) is 3.02. The van der Waals surface area contributed by atoms with Crippen molar-refractivity contribution in [2.45, 2.75) is 25.7 Å². The number of carbonyl (C=O) groups excluding carboxylic acids is 2. The summed E-state index contributed by atoms with van der Waals surface area (Å²) in [5.74, 6) is 1.63. The number of rotatable bonds is 3. The van der Waals surface area contributed by atoms with Gasteiger partial charge in [0.15, 0.2) is 0 Å². The second-order valence-electron chi connectivity index (χ2n) is 6.59. The van der Waals surface area contributed by atoms with Gasteiger partial charge in [-0.1, -0.05) is 12.5 Å². The second kappa shape index (κ2) is 5.30. The maximum Gasteiger partial charge on any atom is 0.414 e. The van der Waals surface area contributed by atoms with Crippen LogP contribution in [0, 0.1) is 17.8 Å². The number of nitrogens with one attached hydrogen (secondary N) is 1.